The standard InChI is InChI=1S/C29H30N4O2S/c1-20-7-6-8-23(17-20)31-13-15-32(16-14-31)27(34)19-36-29-30-25-10-5-4-9-24(25)28(35)33(29)26-18-21(2)11-12-22(26)3/h4-12,17-18H,13-16,19H2,1-3H3. The van der Waals surface area contributed by atoms with E-state index in [1.165, 1.54) is 23.0 Å². The summed E-state index contributed by atoms with van der Waals surface area (Å²) >= 11 is 1.33. The molecule has 36 heavy (non-hydrogen) atoms. The van der Waals surface area contributed by atoms with Crippen LogP contribution in [0.1, 0.15) is 16.7 Å². The van der Waals surface area contributed by atoms with E-state index in [0.29, 0.717) is 29.1 Å². The normalized spacial score (nSPS) is 13.9. The predicted octanol–water partition coefficient (Wildman–Crippen LogP) is 4.75. The second-order valence-electron chi connectivity index (χ2n) is 9.34. The number of thioether (sulfide) groups is 1. The molecule has 0 N–H and O–H groups in total. The SMILES string of the molecule is Cc1cccc(N2CCN(C(=O)CSc3nc4ccccc4c(=O)n3-c3cc(C)ccc3C)CC2)c1. The van der Waals surface area contributed by atoms with Crippen LogP contribution in [0.25, 0.3) is 16.6 Å². The summed E-state index contributed by atoms with van der Waals surface area (Å²) in [5.74, 6) is 0.305. The van der Waals surface area contributed by atoms with Gasteiger partial charge in [0.15, 0.2) is 5.16 Å². The quantitative estimate of drug-likeness (QED) is 0.294. The van der Waals surface area contributed by atoms with Crippen LogP contribution in [0.4, 0.5) is 5.69 Å². The van der Waals surface area contributed by atoms with E-state index < -0.39 is 0 Å². The van der Waals surface area contributed by atoms with Crippen LogP contribution in [0.3, 0.4) is 0 Å². The zero-order valence-corrected chi connectivity index (χ0v) is 21.7. The number of anilines is 1. The second-order valence-corrected chi connectivity index (χ2v) is 10.3. The first kappa shape index (κ1) is 24.1. The van der Waals surface area contributed by atoms with Crippen molar-refractivity contribution in [3.8, 4) is 5.69 Å². The maximum atomic E-state index is 13.6. The number of fused-ring (bicyclic) bond motifs is 1. The van der Waals surface area contributed by atoms with Gasteiger partial charge in [-0.2, -0.15) is 0 Å². The summed E-state index contributed by atoms with van der Waals surface area (Å²) in [7, 11) is 0. The molecule has 0 bridgehead atoms. The molecule has 0 radical (unpaired) electrons. The van der Waals surface area contributed by atoms with Crippen LogP contribution >= 0.6 is 11.8 Å². The summed E-state index contributed by atoms with van der Waals surface area (Å²) in [5.41, 5.74) is 5.82. The lowest BCUT2D eigenvalue weighted by molar-refractivity contribution is -0.128. The van der Waals surface area contributed by atoms with Crippen molar-refractivity contribution in [3.63, 3.8) is 0 Å². The maximum absolute atomic E-state index is 13.6. The topological polar surface area (TPSA) is 58.4 Å². The van der Waals surface area contributed by atoms with Gasteiger partial charge in [-0.3, -0.25) is 14.2 Å². The van der Waals surface area contributed by atoms with E-state index in [1.807, 2.05) is 55.1 Å². The van der Waals surface area contributed by atoms with Crippen molar-refractivity contribution in [2.24, 2.45) is 0 Å². The smallest absolute Gasteiger partial charge is 0.266 e. The second kappa shape index (κ2) is 10.2. The Kier molecular flexibility index (Phi) is 6.83. The van der Waals surface area contributed by atoms with Crippen LogP contribution < -0.4 is 10.5 Å². The molecule has 0 aliphatic carbocycles. The Balaban J connectivity index is 1.36. The summed E-state index contributed by atoms with van der Waals surface area (Å²) in [6.07, 6.45) is 0. The number of para-hydroxylation sites is 1. The fourth-order valence-electron chi connectivity index (χ4n) is 4.64. The Labute approximate surface area is 215 Å². The van der Waals surface area contributed by atoms with Crippen LogP contribution in [-0.4, -0.2) is 52.3 Å². The minimum absolute atomic E-state index is 0.0683. The largest absolute Gasteiger partial charge is 0.368 e. The van der Waals surface area contributed by atoms with Crippen molar-refractivity contribution in [3.05, 3.63) is 93.8 Å². The van der Waals surface area contributed by atoms with Crippen molar-refractivity contribution >= 4 is 34.3 Å². The number of nitrogens with zero attached hydrogens (tertiary/aromatic N) is 4. The molecule has 1 aromatic heterocycles. The van der Waals surface area contributed by atoms with Crippen LogP contribution in [0.2, 0.25) is 0 Å². The first-order valence-corrected chi connectivity index (χ1v) is 13.2. The third-order valence-corrected chi connectivity index (χ3v) is 7.60. The molecule has 1 saturated heterocycles. The Hall–Kier alpha value is -3.58. The number of benzene rings is 3. The van der Waals surface area contributed by atoms with Crippen LogP contribution in [0.5, 0.6) is 0 Å². The molecule has 4 aromatic rings. The maximum Gasteiger partial charge on any atom is 0.266 e. The van der Waals surface area contributed by atoms with Crippen LogP contribution in [-0.2, 0) is 4.79 Å². The summed E-state index contributed by atoms with van der Waals surface area (Å²) < 4.78 is 1.66. The molecule has 1 aliphatic heterocycles. The van der Waals surface area contributed by atoms with Gasteiger partial charge < -0.3 is 9.80 Å². The van der Waals surface area contributed by atoms with Crippen molar-refractivity contribution < 1.29 is 4.79 Å². The molecule has 0 atom stereocenters. The Morgan fingerprint density at radius 2 is 1.64 bits per heavy atom. The first-order valence-electron chi connectivity index (χ1n) is 12.2. The van der Waals surface area contributed by atoms with Crippen molar-refractivity contribution in [2.45, 2.75) is 25.9 Å². The average molecular weight is 499 g/mol. The number of carbonyl (C=O) groups excluding carboxylic acids is 1. The van der Waals surface area contributed by atoms with Gasteiger partial charge in [-0.1, -0.05) is 48.2 Å². The van der Waals surface area contributed by atoms with Crippen LogP contribution in [0.15, 0.2) is 76.7 Å². The Bertz CT molecular complexity index is 1490. The number of hydrogen-bond donors (Lipinski definition) is 0. The van der Waals surface area contributed by atoms with Gasteiger partial charge in [-0.15, -0.1) is 0 Å². The minimum atomic E-state index is -0.115. The number of aromatic nitrogens is 2. The van der Waals surface area contributed by atoms with Gasteiger partial charge in [0, 0.05) is 31.9 Å². The van der Waals surface area contributed by atoms with Gasteiger partial charge in [0.2, 0.25) is 5.91 Å². The zero-order valence-electron chi connectivity index (χ0n) is 20.9. The fourth-order valence-corrected chi connectivity index (χ4v) is 5.55. The Morgan fingerprint density at radius 3 is 2.42 bits per heavy atom. The van der Waals surface area contributed by atoms with Crippen LogP contribution in [0, 0.1) is 20.8 Å². The average Bonchev–Trinajstić information content (AvgIpc) is 2.89. The molecule has 184 valence electrons. The van der Waals surface area contributed by atoms with E-state index in [0.717, 1.165) is 29.9 Å². The summed E-state index contributed by atoms with van der Waals surface area (Å²) in [6.45, 7) is 9.07. The number of aryl methyl sites for hydroxylation is 3. The molecule has 6 nitrogen and oxygen atoms in total. The fraction of sp³-hybridized carbons (Fsp3) is 0.276. The highest BCUT2D eigenvalue weighted by atomic mass is 32.2. The molecule has 1 amide bonds. The third kappa shape index (κ3) is 4.88. The summed E-state index contributed by atoms with van der Waals surface area (Å²) in [6, 6.07) is 21.9. The number of piperazine rings is 1. The molecule has 0 spiro atoms. The number of hydrogen-bond acceptors (Lipinski definition) is 5. The van der Waals surface area contributed by atoms with Gasteiger partial charge in [-0.25, -0.2) is 4.98 Å². The monoisotopic (exact) mass is 498 g/mol. The molecule has 5 rings (SSSR count). The third-order valence-electron chi connectivity index (χ3n) is 6.67. The molecular formula is C29H30N4O2S. The minimum Gasteiger partial charge on any atom is -0.368 e. The highest BCUT2D eigenvalue weighted by Gasteiger charge is 2.23. The Morgan fingerprint density at radius 1 is 0.889 bits per heavy atom. The summed E-state index contributed by atoms with van der Waals surface area (Å²) in [4.78, 5) is 35.8. The molecular weight excluding hydrogens is 468 g/mol. The molecule has 0 saturated carbocycles. The molecule has 2 heterocycles. The lowest BCUT2D eigenvalue weighted by Crippen LogP contribution is -2.49. The molecule has 1 aliphatic rings. The van der Waals surface area contributed by atoms with Gasteiger partial charge in [-0.05, 0) is 67.8 Å². The van der Waals surface area contributed by atoms with Crippen molar-refractivity contribution in [1.29, 1.82) is 0 Å². The lowest BCUT2D eigenvalue weighted by Gasteiger charge is -2.36. The molecule has 7 heteroatoms. The lowest BCUT2D eigenvalue weighted by atomic mass is 10.1. The van der Waals surface area contributed by atoms with E-state index >= 15 is 0 Å². The number of rotatable bonds is 5. The van der Waals surface area contributed by atoms with Crippen molar-refractivity contribution in [1.82, 2.24) is 14.5 Å². The molecule has 1 fully saturated rings. The van der Waals surface area contributed by atoms with Gasteiger partial charge in [0.1, 0.15) is 0 Å². The van der Waals surface area contributed by atoms with E-state index in [-0.39, 0.29) is 17.2 Å². The zero-order chi connectivity index (χ0) is 25.2. The molecule has 3 aromatic carbocycles. The first-order chi connectivity index (χ1) is 17.4. The van der Waals surface area contributed by atoms with E-state index in [4.69, 9.17) is 4.98 Å². The van der Waals surface area contributed by atoms with Crippen molar-refractivity contribution in [2.75, 3.05) is 36.8 Å². The summed E-state index contributed by atoms with van der Waals surface area (Å²) in [5, 5.41) is 1.11. The predicted molar refractivity (Wildman–Crippen MR) is 148 cm³/mol. The highest BCUT2D eigenvalue weighted by molar-refractivity contribution is 7.99. The van der Waals surface area contributed by atoms with E-state index in [9.17, 15) is 9.59 Å². The highest BCUT2D eigenvalue weighted by Crippen LogP contribution is 2.25. The number of carbonyl (C=O) groups is 1. The molecule has 0 unspecified atom stereocenters. The van der Waals surface area contributed by atoms with E-state index in [1.54, 1.807) is 10.6 Å². The van der Waals surface area contributed by atoms with Gasteiger partial charge in [0.05, 0.1) is 22.3 Å². The number of amides is 1. The van der Waals surface area contributed by atoms with Gasteiger partial charge >= 0.3 is 0 Å². The van der Waals surface area contributed by atoms with Gasteiger partial charge in [0.25, 0.3) is 5.56 Å². The van der Waals surface area contributed by atoms with E-state index in [2.05, 4.69) is 36.1 Å².